The molecule has 4 aromatic rings. The van der Waals surface area contributed by atoms with Gasteiger partial charge >= 0.3 is 0 Å². The van der Waals surface area contributed by atoms with Crippen molar-refractivity contribution in [2.45, 2.75) is 25.8 Å². The van der Waals surface area contributed by atoms with Gasteiger partial charge in [0.25, 0.3) is 11.9 Å². The number of likely N-dealkylation sites (tertiary alicyclic amines) is 1. The summed E-state index contributed by atoms with van der Waals surface area (Å²) in [5, 5.41) is 3.67. The normalized spacial score (nSPS) is 14.9. The molecule has 1 aromatic heterocycles. The standard InChI is InChI=1S/C28H29ClN4O2/c1-18-4-10-23(24(29)16-18)19-5-7-20(8-6-19)27(34)30-21-9-11-26-25(17-21)31-28(35-26)33(3)22-12-14-32(2)15-13-22/h4-11,16-17,22H,12-15H2,1-3H3,(H,30,34). The summed E-state index contributed by atoms with van der Waals surface area (Å²) in [5.74, 6) is -0.182. The van der Waals surface area contributed by atoms with Crippen molar-refractivity contribution in [2.24, 2.45) is 0 Å². The van der Waals surface area contributed by atoms with E-state index in [-0.39, 0.29) is 5.91 Å². The second-order valence-corrected chi connectivity index (χ2v) is 9.75. The first-order valence-electron chi connectivity index (χ1n) is 11.9. The second kappa shape index (κ2) is 9.72. The molecule has 180 valence electrons. The minimum absolute atomic E-state index is 0.182. The highest BCUT2D eigenvalue weighted by Gasteiger charge is 2.24. The van der Waals surface area contributed by atoms with Crippen molar-refractivity contribution in [3.8, 4) is 11.1 Å². The van der Waals surface area contributed by atoms with Crippen LogP contribution in [0.3, 0.4) is 0 Å². The van der Waals surface area contributed by atoms with Gasteiger partial charge in [-0.25, -0.2) is 0 Å². The van der Waals surface area contributed by atoms with E-state index in [1.54, 1.807) is 0 Å². The highest BCUT2D eigenvalue weighted by molar-refractivity contribution is 6.33. The highest BCUT2D eigenvalue weighted by Crippen LogP contribution is 2.30. The quantitative estimate of drug-likeness (QED) is 0.360. The molecule has 1 fully saturated rings. The van der Waals surface area contributed by atoms with Gasteiger partial charge in [0.1, 0.15) is 5.52 Å². The summed E-state index contributed by atoms with van der Waals surface area (Å²) >= 11 is 6.39. The molecule has 1 N–H and O–H groups in total. The van der Waals surface area contributed by atoms with Crippen LogP contribution in [0.5, 0.6) is 0 Å². The number of hydrogen-bond acceptors (Lipinski definition) is 5. The smallest absolute Gasteiger partial charge is 0.298 e. The first-order chi connectivity index (χ1) is 16.9. The van der Waals surface area contributed by atoms with Crippen LogP contribution in [-0.4, -0.2) is 49.0 Å². The summed E-state index contributed by atoms with van der Waals surface area (Å²) in [6.07, 6.45) is 2.17. The minimum atomic E-state index is -0.182. The van der Waals surface area contributed by atoms with Crippen LogP contribution in [0.1, 0.15) is 28.8 Å². The monoisotopic (exact) mass is 488 g/mol. The molecule has 0 atom stereocenters. The Morgan fingerprint density at radius 2 is 1.83 bits per heavy atom. The number of benzene rings is 3. The van der Waals surface area contributed by atoms with Crippen LogP contribution in [0, 0.1) is 6.92 Å². The van der Waals surface area contributed by atoms with Gasteiger partial charge in [-0.2, -0.15) is 4.98 Å². The number of amides is 1. The maximum Gasteiger partial charge on any atom is 0.298 e. The zero-order valence-electron chi connectivity index (χ0n) is 20.2. The summed E-state index contributed by atoms with van der Waals surface area (Å²) in [5.41, 5.74) is 5.70. The molecule has 5 rings (SSSR count). The van der Waals surface area contributed by atoms with Crippen LogP contribution >= 0.6 is 11.6 Å². The molecule has 1 aliphatic rings. The third kappa shape index (κ3) is 5.04. The van der Waals surface area contributed by atoms with Gasteiger partial charge in [0.05, 0.1) is 0 Å². The lowest BCUT2D eigenvalue weighted by Crippen LogP contribution is -2.42. The Labute approximate surface area is 210 Å². The summed E-state index contributed by atoms with van der Waals surface area (Å²) < 4.78 is 6.00. The third-order valence-electron chi connectivity index (χ3n) is 6.75. The zero-order valence-corrected chi connectivity index (χ0v) is 21.0. The highest BCUT2D eigenvalue weighted by atomic mass is 35.5. The minimum Gasteiger partial charge on any atom is -0.423 e. The fraction of sp³-hybridized carbons (Fsp3) is 0.286. The van der Waals surface area contributed by atoms with Gasteiger partial charge in [0.15, 0.2) is 5.58 Å². The van der Waals surface area contributed by atoms with Crippen molar-refractivity contribution < 1.29 is 9.21 Å². The van der Waals surface area contributed by atoms with Crippen LogP contribution in [-0.2, 0) is 0 Å². The molecule has 0 saturated carbocycles. The lowest BCUT2D eigenvalue weighted by molar-refractivity contribution is 0.102. The van der Waals surface area contributed by atoms with E-state index in [0.717, 1.165) is 48.1 Å². The van der Waals surface area contributed by atoms with Gasteiger partial charge in [0, 0.05) is 34.9 Å². The molecule has 0 unspecified atom stereocenters. The average molecular weight is 489 g/mol. The molecule has 1 amide bonds. The maximum absolute atomic E-state index is 12.9. The molecule has 0 spiro atoms. The number of hydrogen-bond donors (Lipinski definition) is 1. The first kappa shape index (κ1) is 23.4. The maximum atomic E-state index is 12.9. The largest absolute Gasteiger partial charge is 0.423 e. The molecule has 35 heavy (non-hydrogen) atoms. The predicted octanol–water partition coefficient (Wildman–Crippen LogP) is 6.24. The van der Waals surface area contributed by atoms with E-state index in [1.807, 2.05) is 74.6 Å². The number of carbonyl (C=O) groups excluding carboxylic acids is 1. The predicted molar refractivity (Wildman–Crippen MR) is 143 cm³/mol. The first-order valence-corrected chi connectivity index (χ1v) is 12.2. The molecule has 6 nitrogen and oxygen atoms in total. The van der Waals surface area contributed by atoms with E-state index in [4.69, 9.17) is 16.0 Å². The van der Waals surface area contributed by atoms with Gasteiger partial charge in [-0.05, 0) is 87.4 Å². The third-order valence-corrected chi connectivity index (χ3v) is 7.07. The second-order valence-electron chi connectivity index (χ2n) is 9.34. The van der Waals surface area contributed by atoms with Crippen molar-refractivity contribution in [1.29, 1.82) is 0 Å². The van der Waals surface area contributed by atoms with Crippen molar-refractivity contribution in [2.75, 3.05) is 37.4 Å². The van der Waals surface area contributed by atoms with Crippen molar-refractivity contribution in [3.63, 3.8) is 0 Å². The molecule has 0 bridgehead atoms. The lowest BCUT2D eigenvalue weighted by atomic mass is 10.0. The number of aryl methyl sites for hydroxylation is 1. The van der Waals surface area contributed by atoms with E-state index in [9.17, 15) is 4.79 Å². The van der Waals surface area contributed by atoms with E-state index in [1.165, 1.54) is 0 Å². The number of nitrogens with one attached hydrogen (secondary N) is 1. The van der Waals surface area contributed by atoms with Crippen LogP contribution in [0.25, 0.3) is 22.2 Å². The number of oxazole rings is 1. The fourth-order valence-corrected chi connectivity index (χ4v) is 4.89. The van der Waals surface area contributed by atoms with Crippen LogP contribution in [0.2, 0.25) is 5.02 Å². The molecule has 1 aliphatic heterocycles. The van der Waals surface area contributed by atoms with E-state index < -0.39 is 0 Å². The Hall–Kier alpha value is -3.35. The summed E-state index contributed by atoms with van der Waals surface area (Å²) in [4.78, 5) is 22.0. The number of carbonyl (C=O) groups is 1. The Kier molecular flexibility index (Phi) is 6.50. The number of halogens is 1. The Bertz CT molecular complexity index is 1360. The van der Waals surface area contributed by atoms with E-state index in [2.05, 4.69) is 27.1 Å². The van der Waals surface area contributed by atoms with Gasteiger partial charge in [-0.3, -0.25) is 4.79 Å². The fourth-order valence-electron chi connectivity index (χ4n) is 4.54. The molecule has 0 aliphatic carbocycles. The zero-order chi connectivity index (χ0) is 24.5. The van der Waals surface area contributed by atoms with Crippen LogP contribution in [0.15, 0.2) is 65.1 Å². The number of aromatic nitrogens is 1. The van der Waals surface area contributed by atoms with Crippen LogP contribution < -0.4 is 10.2 Å². The Balaban J connectivity index is 1.29. The molecule has 7 heteroatoms. The van der Waals surface area contributed by atoms with Gasteiger partial charge in [0.2, 0.25) is 0 Å². The number of piperidine rings is 1. The summed E-state index contributed by atoms with van der Waals surface area (Å²) in [6.45, 7) is 4.16. The molecule has 3 aromatic carbocycles. The van der Waals surface area contributed by atoms with Gasteiger partial charge < -0.3 is 19.5 Å². The number of anilines is 2. The summed E-state index contributed by atoms with van der Waals surface area (Å²) in [6, 6.07) is 20.0. The number of rotatable bonds is 5. The topological polar surface area (TPSA) is 61.6 Å². The van der Waals surface area contributed by atoms with Crippen molar-refractivity contribution in [3.05, 3.63) is 76.8 Å². The van der Waals surface area contributed by atoms with Gasteiger partial charge in [-0.1, -0.05) is 35.9 Å². The molecule has 1 saturated heterocycles. The Morgan fingerprint density at radius 1 is 1.09 bits per heavy atom. The molecule has 0 radical (unpaired) electrons. The molecule has 2 heterocycles. The number of nitrogens with zero attached hydrogens (tertiary/aromatic N) is 3. The van der Waals surface area contributed by atoms with Gasteiger partial charge in [-0.15, -0.1) is 0 Å². The van der Waals surface area contributed by atoms with Crippen molar-refractivity contribution in [1.82, 2.24) is 9.88 Å². The lowest BCUT2D eigenvalue weighted by Gasteiger charge is -2.34. The van der Waals surface area contributed by atoms with E-state index >= 15 is 0 Å². The SMILES string of the molecule is Cc1ccc(-c2ccc(C(=O)Nc3ccc4oc(N(C)C5CCN(C)CC5)nc4c3)cc2)c(Cl)c1. The molecular formula is C28H29ClN4O2. The van der Waals surface area contributed by atoms with E-state index in [0.29, 0.717) is 33.9 Å². The summed E-state index contributed by atoms with van der Waals surface area (Å²) in [7, 11) is 4.19. The average Bonchev–Trinajstić information content (AvgIpc) is 3.28. The van der Waals surface area contributed by atoms with Crippen LogP contribution in [0.4, 0.5) is 11.7 Å². The molecular weight excluding hydrogens is 460 g/mol. The van der Waals surface area contributed by atoms with Crippen molar-refractivity contribution >= 4 is 40.3 Å². The number of fused-ring (bicyclic) bond motifs is 1. The Morgan fingerprint density at radius 3 is 2.54 bits per heavy atom.